The van der Waals surface area contributed by atoms with E-state index in [1.54, 1.807) is 21.6 Å². The summed E-state index contributed by atoms with van der Waals surface area (Å²) in [5.74, 6) is 2.26. The van der Waals surface area contributed by atoms with Gasteiger partial charge in [-0.3, -0.25) is 9.59 Å². The first-order chi connectivity index (χ1) is 17.6. The third-order valence-corrected chi connectivity index (χ3v) is 14.4. The summed E-state index contributed by atoms with van der Waals surface area (Å²) in [5, 5.41) is 6.71. The molecular formula is C24H48N2O6S2Si2. The van der Waals surface area contributed by atoms with E-state index in [4.69, 9.17) is 17.7 Å². The molecule has 2 rings (SSSR count). The van der Waals surface area contributed by atoms with Gasteiger partial charge in [0.25, 0.3) is 0 Å². The van der Waals surface area contributed by atoms with Crippen LogP contribution in [0.5, 0.6) is 0 Å². The molecule has 2 unspecified atom stereocenters. The van der Waals surface area contributed by atoms with Gasteiger partial charge in [0.05, 0.1) is 23.2 Å². The Morgan fingerprint density at radius 2 is 1.08 bits per heavy atom. The topological polar surface area (TPSA) is 95.1 Å². The van der Waals surface area contributed by atoms with Crippen molar-refractivity contribution in [2.45, 2.75) is 89.4 Å². The molecule has 0 saturated carbocycles. The van der Waals surface area contributed by atoms with Crippen LogP contribution in [0.25, 0.3) is 0 Å². The van der Waals surface area contributed by atoms with Gasteiger partial charge in [-0.05, 0) is 79.3 Å². The summed E-state index contributed by atoms with van der Waals surface area (Å²) in [6.07, 6.45) is 5.46. The van der Waals surface area contributed by atoms with Crippen molar-refractivity contribution >= 4 is 51.7 Å². The first-order valence-electron chi connectivity index (χ1n) is 13.8. The highest BCUT2D eigenvalue weighted by Gasteiger charge is 2.38. The molecule has 0 radical (unpaired) electrons. The maximum absolute atomic E-state index is 13.3. The molecular weight excluding hydrogens is 533 g/mol. The molecule has 12 heteroatoms. The lowest BCUT2D eigenvalue weighted by Gasteiger charge is -2.26. The number of nitrogens with one attached hydrogen (secondary N) is 2. The van der Waals surface area contributed by atoms with E-state index in [1.165, 1.54) is 0 Å². The van der Waals surface area contributed by atoms with Crippen molar-refractivity contribution in [3.8, 4) is 0 Å². The Bertz CT molecular complexity index is 563. The lowest BCUT2D eigenvalue weighted by atomic mass is 10.1. The second-order valence-corrected chi connectivity index (χ2v) is 16.2. The summed E-state index contributed by atoms with van der Waals surface area (Å²) in [6.45, 7) is 12.0. The van der Waals surface area contributed by atoms with Crippen molar-refractivity contribution in [2.75, 3.05) is 51.0 Å². The van der Waals surface area contributed by atoms with Gasteiger partial charge in [-0.2, -0.15) is 0 Å². The van der Waals surface area contributed by atoms with E-state index in [2.05, 4.69) is 10.6 Å². The van der Waals surface area contributed by atoms with Crippen molar-refractivity contribution in [2.24, 2.45) is 0 Å². The fourth-order valence-corrected chi connectivity index (χ4v) is 11.9. The SMILES string of the molecule is CCO[SiH](OCC)C(CCSSCCC(C(=O)[C@@H]1CCCN1)[SiH](OCC)OCC)C(=O)[C@@H]1CCCN1. The van der Waals surface area contributed by atoms with Crippen LogP contribution in [0.1, 0.15) is 66.2 Å². The number of Topliss-reactive ketones (excluding diaryl/α,β-unsaturated/α-hetero) is 2. The third-order valence-electron chi connectivity index (χ3n) is 6.63. The van der Waals surface area contributed by atoms with Gasteiger partial charge in [-0.1, -0.05) is 21.6 Å². The van der Waals surface area contributed by atoms with Crippen LogP contribution in [0, 0.1) is 0 Å². The zero-order chi connectivity index (χ0) is 26.2. The van der Waals surface area contributed by atoms with Gasteiger partial charge in [-0.25, -0.2) is 0 Å². The van der Waals surface area contributed by atoms with Gasteiger partial charge in [0.1, 0.15) is 0 Å². The molecule has 0 aromatic heterocycles. The van der Waals surface area contributed by atoms with Crippen LogP contribution in [0.2, 0.25) is 11.1 Å². The van der Waals surface area contributed by atoms with Gasteiger partial charge < -0.3 is 28.3 Å². The number of hydrogen-bond donors (Lipinski definition) is 2. The average molecular weight is 581 g/mol. The molecule has 4 atom stereocenters. The second kappa shape index (κ2) is 19.3. The van der Waals surface area contributed by atoms with Gasteiger partial charge in [0.2, 0.25) is 0 Å². The highest BCUT2D eigenvalue weighted by molar-refractivity contribution is 8.76. The summed E-state index contributed by atoms with van der Waals surface area (Å²) in [4.78, 5) is 26.5. The van der Waals surface area contributed by atoms with Crippen LogP contribution in [-0.2, 0) is 27.3 Å². The van der Waals surface area contributed by atoms with Crippen LogP contribution < -0.4 is 10.6 Å². The van der Waals surface area contributed by atoms with E-state index in [9.17, 15) is 9.59 Å². The van der Waals surface area contributed by atoms with E-state index in [0.717, 1.165) is 63.1 Å². The molecule has 2 aliphatic rings. The van der Waals surface area contributed by atoms with Crippen molar-refractivity contribution in [3.05, 3.63) is 0 Å². The molecule has 0 aromatic carbocycles. The van der Waals surface area contributed by atoms with Gasteiger partial charge in [0, 0.05) is 37.9 Å². The predicted molar refractivity (Wildman–Crippen MR) is 155 cm³/mol. The van der Waals surface area contributed by atoms with Crippen LogP contribution in [0.3, 0.4) is 0 Å². The first-order valence-corrected chi connectivity index (χ1v) is 19.5. The zero-order valence-corrected chi connectivity index (χ0v) is 26.6. The molecule has 0 spiro atoms. The monoisotopic (exact) mass is 580 g/mol. The number of carbonyl (C=O) groups excluding carboxylic acids is 2. The first kappa shape index (κ1) is 32.4. The van der Waals surface area contributed by atoms with Crippen LogP contribution in [0.4, 0.5) is 0 Å². The minimum absolute atomic E-state index is 0.0569. The fraction of sp³-hybridized carbons (Fsp3) is 0.917. The van der Waals surface area contributed by atoms with Crippen LogP contribution in [0.15, 0.2) is 0 Å². The molecule has 2 fully saturated rings. The second-order valence-electron chi connectivity index (χ2n) is 9.10. The summed E-state index contributed by atoms with van der Waals surface area (Å²) in [6, 6.07) is -0.114. The van der Waals surface area contributed by atoms with E-state index >= 15 is 0 Å². The fourth-order valence-electron chi connectivity index (χ4n) is 4.88. The molecule has 0 bridgehead atoms. The molecule has 2 heterocycles. The Morgan fingerprint density at radius 1 is 0.722 bits per heavy atom. The molecule has 0 aliphatic carbocycles. The van der Waals surface area contributed by atoms with Crippen LogP contribution in [-0.4, -0.2) is 93.2 Å². The van der Waals surface area contributed by atoms with Crippen molar-refractivity contribution < 1.29 is 27.3 Å². The zero-order valence-electron chi connectivity index (χ0n) is 22.6. The maximum atomic E-state index is 13.3. The van der Waals surface area contributed by atoms with E-state index in [1.807, 2.05) is 27.7 Å². The maximum Gasteiger partial charge on any atom is 0.332 e. The minimum Gasteiger partial charge on any atom is -0.396 e. The molecule has 2 N–H and O–H groups in total. The Hall–Kier alpha value is 0.234. The summed E-state index contributed by atoms with van der Waals surface area (Å²) in [5.41, 5.74) is -0.270. The Labute approximate surface area is 229 Å². The predicted octanol–water partition coefficient (Wildman–Crippen LogP) is 3.12. The van der Waals surface area contributed by atoms with E-state index in [-0.39, 0.29) is 34.7 Å². The third kappa shape index (κ3) is 10.8. The highest BCUT2D eigenvalue weighted by Crippen LogP contribution is 2.33. The quantitative estimate of drug-likeness (QED) is 0.120. The van der Waals surface area contributed by atoms with Crippen molar-refractivity contribution in [1.82, 2.24) is 10.6 Å². The average Bonchev–Trinajstić information content (AvgIpc) is 3.60. The Morgan fingerprint density at radius 3 is 1.36 bits per heavy atom. The number of rotatable bonds is 21. The highest BCUT2D eigenvalue weighted by atomic mass is 33.1. The number of carbonyl (C=O) groups is 2. The molecule has 0 aromatic rings. The number of hydrogen-bond acceptors (Lipinski definition) is 10. The van der Waals surface area contributed by atoms with Crippen molar-refractivity contribution in [1.29, 1.82) is 0 Å². The van der Waals surface area contributed by atoms with Crippen molar-refractivity contribution in [3.63, 3.8) is 0 Å². The minimum atomic E-state index is -2.09. The smallest absolute Gasteiger partial charge is 0.332 e. The summed E-state index contributed by atoms with van der Waals surface area (Å²) >= 11 is 0. The molecule has 2 aliphatic heterocycles. The molecule has 0 amide bonds. The lowest BCUT2D eigenvalue weighted by molar-refractivity contribution is -0.122. The molecule has 36 heavy (non-hydrogen) atoms. The van der Waals surface area contributed by atoms with Gasteiger partial charge in [0.15, 0.2) is 11.6 Å². The molecule has 2 saturated heterocycles. The van der Waals surface area contributed by atoms with Crippen LogP contribution >= 0.6 is 21.6 Å². The summed E-state index contributed by atoms with van der Waals surface area (Å²) < 4.78 is 23.9. The Balaban J connectivity index is 1.88. The van der Waals surface area contributed by atoms with Gasteiger partial charge in [-0.15, -0.1) is 0 Å². The standard InChI is InChI=1S/C24H48N2O6S2Si2/c1-5-29-35(30-6-2)21(23(27)19-11-9-15-25-19)13-17-33-34-18-14-22(36(31-7-3)32-8-4)24(28)20-12-10-16-26-20/h19-22,25-26,35-36H,5-18H2,1-4H3/t19-,20-,21?,22?/m0/s1. The van der Waals surface area contributed by atoms with E-state index in [0.29, 0.717) is 26.4 Å². The normalized spacial score (nSPS) is 21.9. The van der Waals surface area contributed by atoms with E-state index < -0.39 is 18.6 Å². The van der Waals surface area contributed by atoms with Gasteiger partial charge >= 0.3 is 18.6 Å². The lowest BCUT2D eigenvalue weighted by Crippen LogP contribution is -2.42. The summed E-state index contributed by atoms with van der Waals surface area (Å²) in [7, 11) is -0.608. The molecule has 8 nitrogen and oxygen atoms in total. The number of ketones is 2. The Kier molecular flexibility index (Phi) is 17.4. The molecule has 210 valence electrons. The largest absolute Gasteiger partial charge is 0.396 e.